The predicted octanol–water partition coefficient (Wildman–Crippen LogP) is 0.336. The number of carbonyl (C=O) groups excluding carboxylic acids is 1. The van der Waals surface area contributed by atoms with Gasteiger partial charge in [0.25, 0.3) is 5.91 Å². The maximum absolute atomic E-state index is 11.7. The van der Waals surface area contributed by atoms with E-state index in [9.17, 15) is 4.79 Å². The molecule has 0 saturated carbocycles. The molecule has 0 aliphatic carbocycles. The second kappa shape index (κ2) is 7.30. The van der Waals surface area contributed by atoms with Gasteiger partial charge in [-0.3, -0.25) is 4.79 Å². The number of rotatable bonds is 6. The number of aryl methyl sites for hydroxylation is 1. The molecule has 0 radical (unpaired) electrons. The van der Waals surface area contributed by atoms with E-state index in [1.807, 2.05) is 32.0 Å². The molecular weight excluding hydrogens is 284 g/mol. The van der Waals surface area contributed by atoms with Gasteiger partial charge in [0, 0.05) is 32.2 Å². The summed E-state index contributed by atoms with van der Waals surface area (Å²) in [6.45, 7) is 2.05. The lowest BCUT2D eigenvalue weighted by molar-refractivity contribution is -0.123. The zero-order valence-corrected chi connectivity index (χ0v) is 12.8. The highest BCUT2D eigenvalue weighted by Gasteiger charge is 2.07. The Morgan fingerprint density at radius 2 is 2.00 bits per heavy atom. The van der Waals surface area contributed by atoms with Gasteiger partial charge in [-0.25, -0.2) is 19.9 Å². The Kier molecular flexibility index (Phi) is 5.18. The van der Waals surface area contributed by atoms with Crippen LogP contribution in [0, 0.1) is 6.92 Å². The van der Waals surface area contributed by atoms with Crippen LogP contribution in [0.3, 0.4) is 0 Å². The number of nitrogens with zero attached hydrogens (tertiary/aromatic N) is 5. The number of anilines is 1. The second-order valence-electron chi connectivity index (χ2n) is 4.79. The molecule has 8 nitrogen and oxygen atoms in total. The summed E-state index contributed by atoms with van der Waals surface area (Å²) < 4.78 is 5.17. The fraction of sp³-hybridized carbons (Fsp3) is 0.357. The Bertz CT molecular complexity index is 632. The molecule has 8 heteroatoms. The number of carbonyl (C=O) groups is 1. The molecule has 2 aromatic rings. The Morgan fingerprint density at radius 1 is 1.27 bits per heavy atom. The van der Waals surface area contributed by atoms with Gasteiger partial charge in [-0.15, -0.1) is 0 Å². The van der Waals surface area contributed by atoms with E-state index >= 15 is 0 Å². The van der Waals surface area contributed by atoms with E-state index in [4.69, 9.17) is 4.74 Å². The lowest BCUT2D eigenvalue weighted by Crippen LogP contribution is -2.29. The van der Waals surface area contributed by atoms with Crippen molar-refractivity contribution in [3.8, 4) is 6.01 Å². The predicted molar refractivity (Wildman–Crippen MR) is 80.5 cm³/mol. The van der Waals surface area contributed by atoms with Crippen LogP contribution in [0.4, 0.5) is 5.95 Å². The van der Waals surface area contributed by atoms with Crippen molar-refractivity contribution in [2.45, 2.75) is 13.5 Å². The summed E-state index contributed by atoms with van der Waals surface area (Å²) >= 11 is 0. The van der Waals surface area contributed by atoms with Crippen molar-refractivity contribution in [2.75, 3.05) is 25.6 Å². The topological polar surface area (TPSA) is 93.1 Å². The molecule has 0 fully saturated rings. The van der Waals surface area contributed by atoms with Gasteiger partial charge in [0.05, 0.1) is 12.2 Å². The van der Waals surface area contributed by atoms with Crippen LogP contribution < -0.4 is 15.0 Å². The highest BCUT2D eigenvalue weighted by Crippen LogP contribution is 2.07. The highest BCUT2D eigenvalue weighted by molar-refractivity contribution is 5.77. The van der Waals surface area contributed by atoms with Crippen molar-refractivity contribution >= 4 is 11.9 Å². The third-order valence-corrected chi connectivity index (χ3v) is 2.64. The first kappa shape index (κ1) is 15.6. The largest absolute Gasteiger partial charge is 0.453 e. The maximum atomic E-state index is 11.7. The molecule has 0 saturated heterocycles. The number of aromatic nitrogens is 4. The lowest BCUT2D eigenvalue weighted by atomic mass is 10.3. The average Bonchev–Trinajstić information content (AvgIpc) is 2.51. The molecule has 2 heterocycles. The summed E-state index contributed by atoms with van der Waals surface area (Å²) in [5.74, 6) is 0.341. The summed E-state index contributed by atoms with van der Waals surface area (Å²) in [7, 11) is 3.73. The molecule has 22 heavy (non-hydrogen) atoms. The lowest BCUT2D eigenvalue weighted by Gasteiger charge is -2.12. The summed E-state index contributed by atoms with van der Waals surface area (Å²) in [6.07, 6.45) is 3.10. The fourth-order valence-electron chi connectivity index (χ4n) is 1.64. The van der Waals surface area contributed by atoms with Gasteiger partial charge < -0.3 is 15.0 Å². The average molecular weight is 302 g/mol. The van der Waals surface area contributed by atoms with Crippen LogP contribution in [-0.4, -0.2) is 46.5 Å². The molecule has 0 bridgehead atoms. The van der Waals surface area contributed by atoms with E-state index in [0.29, 0.717) is 12.5 Å². The van der Waals surface area contributed by atoms with E-state index in [-0.39, 0.29) is 18.5 Å². The third kappa shape index (κ3) is 4.65. The van der Waals surface area contributed by atoms with Crippen LogP contribution in [-0.2, 0) is 11.3 Å². The summed E-state index contributed by atoms with van der Waals surface area (Å²) in [5.41, 5.74) is 1.58. The third-order valence-electron chi connectivity index (χ3n) is 2.64. The van der Waals surface area contributed by atoms with Crippen molar-refractivity contribution < 1.29 is 9.53 Å². The Labute approximate surface area is 128 Å². The number of ether oxygens (including phenoxy) is 1. The first-order chi connectivity index (χ1) is 10.5. The first-order valence-corrected chi connectivity index (χ1v) is 6.73. The fourth-order valence-corrected chi connectivity index (χ4v) is 1.64. The Morgan fingerprint density at radius 3 is 2.68 bits per heavy atom. The zero-order valence-electron chi connectivity index (χ0n) is 12.8. The molecule has 1 N–H and O–H groups in total. The molecule has 0 aliphatic rings. The van der Waals surface area contributed by atoms with Gasteiger partial charge in [-0.1, -0.05) is 0 Å². The maximum Gasteiger partial charge on any atom is 0.316 e. The van der Waals surface area contributed by atoms with E-state index in [1.165, 1.54) is 0 Å². The van der Waals surface area contributed by atoms with Crippen molar-refractivity contribution in [1.82, 2.24) is 25.3 Å². The molecule has 0 unspecified atom stereocenters. The second-order valence-corrected chi connectivity index (χ2v) is 4.79. The summed E-state index contributed by atoms with van der Waals surface area (Å²) in [4.78, 5) is 30.0. The molecule has 0 atom stereocenters. The smallest absolute Gasteiger partial charge is 0.316 e. The number of hydrogen-bond donors (Lipinski definition) is 1. The van der Waals surface area contributed by atoms with Gasteiger partial charge in [-0.05, 0) is 19.1 Å². The van der Waals surface area contributed by atoms with E-state index < -0.39 is 0 Å². The quantitative estimate of drug-likeness (QED) is 0.822. The first-order valence-electron chi connectivity index (χ1n) is 6.73. The molecule has 2 rings (SSSR count). The highest BCUT2D eigenvalue weighted by atomic mass is 16.5. The SMILES string of the molecule is Cc1cc(CNC(=O)COc2ncccn2)nc(N(C)C)n1. The number of nitrogens with one attached hydrogen (secondary N) is 1. The van der Waals surface area contributed by atoms with Crippen LogP contribution in [0.1, 0.15) is 11.4 Å². The van der Waals surface area contributed by atoms with Gasteiger partial charge >= 0.3 is 6.01 Å². The molecule has 1 amide bonds. The Hall–Kier alpha value is -2.77. The molecule has 116 valence electrons. The molecular formula is C14H18N6O2. The molecule has 0 spiro atoms. The van der Waals surface area contributed by atoms with Gasteiger partial charge in [0.1, 0.15) is 0 Å². The van der Waals surface area contributed by atoms with Crippen LogP contribution in [0.2, 0.25) is 0 Å². The summed E-state index contributed by atoms with van der Waals surface area (Å²) in [6, 6.07) is 3.67. The number of amides is 1. The van der Waals surface area contributed by atoms with Crippen molar-refractivity contribution in [1.29, 1.82) is 0 Å². The van der Waals surface area contributed by atoms with E-state index in [0.717, 1.165) is 11.4 Å². The summed E-state index contributed by atoms with van der Waals surface area (Å²) in [5, 5.41) is 2.73. The zero-order chi connectivity index (χ0) is 15.9. The van der Waals surface area contributed by atoms with E-state index in [1.54, 1.807) is 18.5 Å². The van der Waals surface area contributed by atoms with Crippen LogP contribution in [0.5, 0.6) is 6.01 Å². The van der Waals surface area contributed by atoms with Crippen molar-refractivity contribution in [2.24, 2.45) is 0 Å². The monoisotopic (exact) mass is 302 g/mol. The van der Waals surface area contributed by atoms with Gasteiger partial charge in [-0.2, -0.15) is 0 Å². The minimum Gasteiger partial charge on any atom is -0.453 e. The van der Waals surface area contributed by atoms with E-state index in [2.05, 4.69) is 25.3 Å². The van der Waals surface area contributed by atoms with Crippen molar-refractivity contribution in [3.05, 3.63) is 35.9 Å². The van der Waals surface area contributed by atoms with Gasteiger partial charge in [0.2, 0.25) is 5.95 Å². The van der Waals surface area contributed by atoms with Crippen molar-refractivity contribution in [3.63, 3.8) is 0 Å². The van der Waals surface area contributed by atoms with Crippen LogP contribution in [0.15, 0.2) is 24.5 Å². The molecule has 2 aromatic heterocycles. The van der Waals surface area contributed by atoms with Crippen LogP contribution >= 0.6 is 0 Å². The minimum absolute atomic E-state index is 0.144. The van der Waals surface area contributed by atoms with Gasteiger partial charge in [0.15, 0.2) is 6.61 Å². The normalized spacial score (nSPS) is 10.1. The molecule has 0 aliphatic heterocycles. The molecule has 0 aromatic carbocycles. The van der Waals surface area contributed by atoms with Crippen LogP contribution in [0.25, 0.3) is 0 Å². The minimum atomic E-state index is -0.268. The number of hydrogen-bond acceptors (Lipinski definition) is 7. The Balaban J connectivity index is 1.86. The standard InChI is InChI=1S/C14H18N6O2/c1-10-7-11(19-13(18-10)20(2)3)8-17-12(21)9-22-14-15-5-4-6-16-14/h4-7H,8-9H2,1-3H3,(H,17,21).